The van der Waals surface area contributed by atoms with Gasteiger partial charge in [-0.05, 0) is 25.7 Å². The van der Waals surface area contributed by atoms with Gasteiger partial charge in [0.2, 0.25) is 5.91 Å². The van der Waals surface area contributed by atoms with E-state index in [0.717, 1.165) is 4.90 Å². The summed E-state index contributed by atoms with van der Waals surface area (Å²) in [6.07, 6.45) is 0.806. The Morgan fingerprint density at radius 1 is 1.35 bits per heavy atom. The van der Waals surface area contributed by atoms with Crippen LogP contribution in [0.5, 0.6) is 0 Å². The molecule has 0 radical (unpaired) electrons. The molecule has 1 aliphatic carbocycles. The molecular weight excluding hydrogens is 232 g/mol. The minimum atomic E-state index is -2.98. The summed E-state index contributed by atoms with van der Waals surface area (Å²) in [6.45, 7) is -0.0594. The monoisotopic (exact) mass is 245 g/mol. The maximum Gasteiger partial charge on any atom is 0.308 e. The summed E-state index contributed by atoms with van der Waals surface area (Å²) >= 11 is 0. The summed E-state index contributed by atoms with van der Waals surface area (Å²) in [6, 6.07) is -1.08. The molecule has 0 aromatic carbocycles. The molecule has 0 unspecified atom stereocenters. The molecule has 2 saturated heterocycles. The SMILES string of the molecule is O=C(O)[C@H]1CC[C@@H]2N(C1)C(=O)C1(CC1)C2(F)F. The van der Waals surface area contributed by atoms with Gasteiger partial charge in [0.15, 0.2) is 0 Å². The molecule has 0 aromatic rings. The normalized spacial score (nSPS) is 37.1. The number of amides is 1. The molecule has 0 bridgehead atoms. The fraction of sp³-hybridized carbons (Fsp3) is 0.818. The zero-order valence-electron chi connectivity index (χ0n) is 9.16. The lowest BCUT2D eigenvalue weighted by Crippen LogP contribution is -2.48. The van der Waals surface area contributed by atoms with Gasteiger partial charge in [-0.2, -0.15) is 0 Å². The van der Waals surface area contributed by atoms with E-state index >= 15 is 0 Å². The van der Waals surface area contributed by atoms with Gasteiger partial charge in [-0.3, -0.25) is 9.59 Å². The Morgan fingerprint density at radius 3 is 2.53 bits per heavy atom. The number of halogens is 2. The standard InChI is InChI=1S/C11H13F2NO3/c12-11(13)7-2-1-6(8(15)16)5-14(7)9(17)10(11)3-4-10/h6-7H,1-5H2,(H,15,16)/t6-,7-/m0/s1. The maximum atomic E-state index is 14.1. The number of hydrogen-bond donors (Lipinski definition) is 1. The van der Waals surface area contributed by atoms with Crippen LogP contribution in [0, 0.1) is 11.3 Å². The predicted molar refractivity (Wildman–Crippen MR) is 52.5 cm³/mol. The summed E-state index contributed by atoms with van der Waals surface area (Å²) in [5.74, 6) is -5.21. The molecule has 1 N–H and O–H groups in total. The van der Waals surface area contributed by atoms with Gasteiger partial charge in [-0.15, -0.1) is 0 Å². The highest BCUT2D eigenvalue weighted by molar-refractivity contribution is 5.90. The van der Waals surface area contributed by atoms with E-state index in [1.807, 2.05) is 0 Å². The van der Waals surface area contributed by atoms with E-state index in [9.17, 15) is 18.4 Å². The van der Waals surface area contributed by atoms with E-state index in [2.05, 4.69) is 0 Å². The molecular formula is C11H13F2NO3. The molecule has 2 atom stereocenters. The number of alkyl halides is 2. The quantitative estimate of drug-likeness (QED) is 0.752. The van der Waals surface area contributed by atoms with Crippen molar-refractivity contribution in [3.63, 3.8) is 0 Å². The van der Waals surface area contributed by atoms with Crippen LogP contribution in [0.25, 0.3) is 0 Å². The molecule has 1 spiro atoms. The van der Waals surface area contributed by atoms with Crippen molar-refractivity contribution in [1.82, 2.24) is 4.90 Å². The van der Waals surface area contributed by atoms with Crippen molar-refractivity contribution in [3.05, 3.63) is 0 Å². The van der Waals surface area contributed by atoms with Crippen LogP contribution < -0.4 is 0 Å². The van der Waals surface area contributed by atoms with Crippen LogP contribution in [-0.4, -0.2) is 40.4 Å². The zero-order valence-corrected chi connectivity index (χ0v) is 9.16. The first-order chi connectivity index (χ1) is 7.90. The van der Waals surface area contributed by atoms with Crippen molar-refractivity contribution in [2.45, 2.75) is 37.6 Å². The first-order valence-corrected chi connectivity index (χ1v) is 5.82. The number of carbonyl (C=O) groups is 2. The molecule has 4 nitrogen and oxygen atoms in total. The van der Waals surface area contributed by atoms with Crippen molar-refractivity contribution < 1.29 is 23.5 Å². The van der Waals surface area contributed by atoms with Crippen LogP contribution in [0.2, 0.25) is 0 Å². The number of carboxylic acids is 1. The second-order valence-corrected chi connectivity index (χ2v) is 5.29. The van der Waals surface area contributed by atoms with Crippen LogP contribution in [-0.2, 0) is 9.59 Å². The zero-order chi connectivity index (χ0) is 12.4. The summed E-state index contributed by atoms with van der Waals surface area (Å²) in [4.78, 5) is 23.9. The molecule has 17 heavy (non-hydrogen) atoms. The molecule has 1 amide bonds. The van der Waals surface area contributed by atoms with Crippen LogP contribution in [0.1, 0.15) is 25.7 Å². The van der Waals surface area contributed by atoms with Gasteiger partial charge in [-0.1, -0.05) is 0 Å². The lowest BCUT2D eigenvalue weighted by Gasteiger charge is -2.34. The van der Waals surface area contributed by atoms with Crippen molar-refractivity contribution in [2.24, 2.45) is 11.3 Å². The van der Waals surface area contributed by atoms with Crippen molar-refractivity contribution >= 4 is 11.9 Å². The first-order valence-electron chi connectivity index (χ1n) is 5.82. The molecule has 3 fully saturated rings. The molecule has 2 aliphatic heterocycles. The van der Waals surface area contributed by atoms with E-state index in [0.29, 0.717) is 0 Å². The largest absolute Gasteiger partial charge is 0.481 e. The summed E-state index contributed by atoms with van der Waals surface area (Å²) in [7, 11) is 0. The van der Waals surface area contributed by atoms with E-state index in [1.54, 1.807) is 0 Å². The molecule has 1 saturated carbocycles. The van der Waals surface area contributed by atoms with E-state index in [4.69, 9.17) is 5.11 Å². The average molecular weight is 245 g/mol. The first kappa shape index (κ1) is 10.9. The Bertz CT molecular complexity index is 406. The van der Waals surface area contributed by atoms with E-state index < -0.39 is 35.2 Å². The Kier molecular flexibility index (Phi) is 1.91. The lowest BCUT2D eigenvalue weighted by molar-refractivity contribution is -0.147. The highest BCUT2D eigenvalue weighted by atomic mass is 19.3. The second kappa shape index (κ2) is 2.97. The smallest absolute Gasteiger partial charge is 0.308 e. The number of piperidine rings is 1. The van der Waals surface area contributed by atoms with Crippen molar-refractivity contribution in [1.29, 1.82) is 0 Å². The minimum Gasteiger partial charge on any atom is -0.481 e. The summed E-state index contributed by atoms with van der Waals surface area (Å²) in [5, 5.41) is 8.89. The number of rotatable bonds is 1. The third-order valence-corrected chi connectivity index (χ3v) is 4.41. The third-order valence-electron chi connectivity index (χ3n) is 4.41. The van der Waals surface area contributed by atoms with Gasteiger partial charge in [0, 0.05) is 6.54 Å². The molecule has 94 valence electrons. The lowest BCUT2D eigenvalue weighted by atomic mass is 9.89. The van der Waals surface area contributed by atoms with Gasteiger partial charge < -0.3 is 10.0 Å². The highest BCUT2D eigenvalue weighted by Crippen LogP contribution is 2.65. The Morgan fingerprint density at radius 2 is 2.00 bits per heavy atom. The Hall–Kier alpha value is -1.20. The molecule has 3 aliphatic rings. The number of hydrogen-bond acceptors (Lipinski definition) is 2. The Balaban J connectivity index is 1.91. The fourth-order valence-electron chi connectivity index (χ4n) is 3.18. The van der Waals surface area contributed by atoms with Gasteiger partial charge >= 0.3 is 5.97 Å². The van der Waals surface area contributed by atoms with E-state index in [-0.39, 0.29) is 32.2 Å². The minimum absolute atomic E-state index is 0.0594. The van der Waals surface area contributed by atoms with Crippen LogP contribution >= 0.6 is 0 Å². The van der Waals surface area contributed by atoms with Gasteiger partial charge in [0.05, 0.1) is 12.0 Å². The second-order valence-electron chi connectivity index (χ2n) is 5.29. The van der Waals surface area contributed by atoms with Crippen molar-refractivity contribution in [3.8, 4) is 0 Å². The number of nitrogens with zero attached hydrogens (tertiary/aromatic N) is 1. The molecule has 2 heterocycles. The fourth-order valence-corrected chi connectivity index (χ4v) is 3.18. The summed E-state index contributed by atoms with van der Waals surface area (Å²) in [5.41, 5.74) is -1.48. The van der Waals surface area contributed by atoms with Gasteiger partial charge in [-0.25, -0.2) is 8.78 Å². The maximum absolute atomic E-state index is 14.1. The number of carboxylic acid groups (broad SMARTS) is 1. The average Bonchev–Trinajstić information content (AvgIpc) is 3.05. The predicted octanol–water partition coefficient (Wildman–Crippen LogP) is 1.11. The number of carbonyl (C=O) groups excluding carboxylic acids is 1. The Labute approximate surface area is 96.6 Å². The summed E-state index contributed by atoms with van der Waals surface area (Å²) < 4.78 is 28.2. The van der Waals surface area contributed by atoms with Crippen LogP contribution in [0.4, 0.5) is 8.78 Å². The van der Waals surface area contributed by atoms with Gasteiger partial charge in [0.25, 0.3) is 5.92 Å². The van der Waals surface area contributed by atoms with Crippen molar-refractivity contribution in [2.75, 3.05) is 6.54 Å². The topological polar surface area (TPSA) is 57.6 Å². The molecule has 3 rings (SSSR count). The third kappa shape index (κ3) is 1.16. The molecule has 6 heteroatoms. The molecule has 0 aromatic heterocycles. The van der Waals surface area contributed by atoms with E-state index in [1.165, 1.54) is 0 Å². The number of fused-ring (bicyclic) bond motifs is 1. The highest BCUT2D eigenvalue weighted by Gasteiger charge is 2.77. The van der Waals surface area contributed by atoms with Crippen LogP contribution in [0.15, 0.2) is 0 Å². The van der Waals surface area contributed by atoms with Crippen LogP contribution in [0.3, 0.4) is 0 Å². The number of aliphatic carboxylic acids is 1. The van der Waals surface area contributed by atoms with Gasteiger partial charge in [0.1, 0.15) is 5.41 Å².